The van der Waals surface area contributed by atoms with Crippen LogP contribution in [0.5, 0.6) is 5.75 Å². The van der Waals surface area contributed by atoms with Crippen molar-refractivity contribution in [3.8, 4) is 5.75 Å². The van der Waals surface area contributed by atoms with E-state index in [4.69, 9.17) is 0 Å². The van der Waals surface area contributed by atoms with Crippen LogP contribution in [0.15, 0.2) is 12.1 Å². The van der Waals surface area contributed by atoms with Crippen molar-refractivity contribution in [1.82, 2.24) is 0 Å². The van der Waals surface area contributed by atoms with Crippen LogP contribution < -0.4 is 0 Å². The summed E-state index contributed by atoms with van der Waals surface area (Å²) in [4.78, 5) is 0. The molecular weight excluding hydrogens is 561 g/mol. The first-order valence-corrected chi connectivity index (χ1v) is 10.6. The minimum atomic E-state index is -8.11. The van der Waals surface area contributed by atoms with E-state index in [0.717, 1.165) is 0 Å². The third-order valence-electron chi connectivity index (χ3n) is 5.01. The van der Waals surface area contributed by atoms with Crippen LogP contribution in [0.2, 0.25) is 0 Å². The van der Waals surface area contributed by atoms with Crippen molar-refractivity contribution < 1.29 is 71.0 Å². The molecule has 0 heterocycles. The van der Waals surface area contributed by atoms with Crippen LogP contribution in [0.1, 0.15) is 23.1 Å². The second-order valence-electron chi connectivity index (χ2n) is 7.74. The van der Waals surface area contributed by atoms with E-state index in [1.807, 2.05) is 0 Å². The predicted octanol–water partition coefficient (Wildman–Crippen LogP) is 8.05. The Kier molecular flexibility index (Phi) is 9.20. The first kappa shape index (κ1) is 32.3. The summed E-state index contributed by atoms with van der Waals surface area (Å²) in [6, 6.07) is 2.69. The van der Waals surface area contributed by atoms with Gasteiger partial charge in [0.25, 0.3) is 6.43 Å². The van der Waals surface area contributed by atoms with Gasteiger partial charge >= 0.3 is 35.5 Å². The Morgan fingerprint density at radius 2 is 1.14 bits per heavy atom. The van der Waals surface area contributed by atoms with E-state index in [1.165, 1.54) is 26.0 Å². The molecule has 36 heavy (non-hydrogen) atoms. The Bertz CT molecular complexity index is 893. The molecule has 0 aliphatic heterocycles. The highest BCUT2D eigenvalue weighted by Gasteiger charge is 2.91. The van der Waals surface area contributed by atoms with Crippen LogP contribution in [0.3, 0.4) is 0 Å². The summed E-state index contributed by atoms with van der Waals surface area (Å²) >= 11 is 0.379. The minimum Gasteiger partial charge on any atom is -0.507 e. The lowest BCUT2D eigenvalue weighted by atomic mass is 9.89. The molecule has 17 heteroatoms. The quantitative estimate of drug-likeness (QED) is 0.200. The number of rotatable bonds is 12. The number of aromatic hydroxyl groups is 1. The molecule has 0 aliphatic rings. The minimum absolute atomic E-state index is 0.118. The average molecular weight is 578 g/mol. The Labute approximate surface area is 198 Å². The van der Waals surface area contributed by atoms with E-state index < -0.39 is 60.3 Å². The second-order valence-corrected chi connectivity index (χ2v) is 8.85. The second kappa shape index (κ2) is 10.2. The zero-order chi connectivity index (χ0) is 28.7. The normalized spacial score (nSPS) is 15.5. The maximum Gasteiger partial charge on any atom is 0.384 e. The van der Waals surface area contributed by atoms with Crippen LogP contribution >= 0.6 is 11.8 Å². The van der Waals surface area contributed by atoms with Gasteiger partial charge in [0.1, 0.15) is 5.75 Å². The van der Waals surface area contributed by atoms with Crippen molar-refractivity contribution in [3.63, 3.8) is 0 Å². The smallest absolute Gasteiger partial charge is 0.384 e. The van der Waals surface area contributed by atoms with Crippen LogP contribution in [-0.2, 0) is 5.75 Å². The number of thioether (sulfide) groups is 1. The highest BCUT2D eigenvalue weighted by Crippen LogP contribution is 2.61. The molecule has 0 aromatic heterocycles. The molecule has 0 fully saturated rings. The lowest BCUT2D eigenvalue weighted by molar-refractivity contribution is -0.430. The maximum absolute atomic E-state index is 13.9. The number of aryl methyl sites for hydroxylation is 2. The number of hydrogen-bond acceptors (Lipinski definition) is 2. The van der Waals surface area contributed by atoms with Crippen molar-refractivity contribution in [3.05, 3.63) is 28.8 Å². The monoisotopic (exact) mass is 578 g/mol. The van der Waals surface area contributed by atoms with Gasteiger partial charge in [0.15, 0.2) is 0 Å². The third kappa shape index (κ3) is 5.30. The fraction of sp³-hybridized carbons (Fsp3) is 0.684. The van der Waals surface area contributed by atoms with Gasteiger partial charge in [0.2, 0.25) is 6.17 Å². The van der Waals surface area contributed by atoms with Gasteiger partial charge in [-0.1, -0.05) is 12.1 Å². The molecule has 0 amide bonds. The third-order valence-corrected chi connectivity index (χ3v) is 6.04. The molecule has 0 radical (unpaired) electrons. The molecule has 0 spiro atoms. The van der Waals surface area contributed by atoms with Crippen LogP contribution in [0, 0.1) is 13.8 Å². The summed E-state index contributed by atoms with van der Waals surface area (Å²) in [7, 11) is 0. The lowest BCUT2D eigenvalue weighted by Crippen LogP contribution is -2.72. The van der Waals surface area contributed by atoms with E-state index in [9.17, 15) is 71.0 Å². The zero-order valence-electron chi connectivity index (χ0n) is 18.0. The Hall–Kier alpha value is -1.68. The van der Waals surface area contributed by atoms with Crippen molar-refractivity contribution >= 4 is 11.8 Å². The van der Waals surface area contributed by atoms with E-state index in [2.05, 4.69) is 0 Å². The van der Waals surface area contributed by atoms with Crippen LogP contribution in [-0.4, -0.2) is 59.0 Å². The molecule has 0 saturated heterocycles. The molecule has 1 unspecified atom stereocenters. The van der Waals surface area contributed by atoms with Gasteiger partial charge in [-0.25, -0.2) is 13.2 Å². The van der Waals surface area contributed by atoms with Gasteiger partial charge in [-0.2, -0.15) is 64.4 Å². The molecule has 1 rings (SSSR count). The molecule has 0 bridgehead atoms. The number of phenolic OH excluding ortho intramolecular Hbond substituents is 1. The molecule has 0 aliphatic carbocycles. The fourth-order valence-electron chi connectivity index (χ4n) is 2.84. The highest BCUT2D eigenvalue weighted by atomic mass is 32.2. The van der Waals surface area contributed by atoms with Crippen LogP contribution in [0.4, 0.5) is 65.9 Å². The predicted molar refractivity (Wildman–Crippen MR) is 98.9 cm³/mol. The van der Waals surface area contributed by atoms with Crippen molar-refractivity contribution in [1.29, 1.82) is 0 Å². The number of alkyl halides is 15. The van der Waals surface area contributed by atoms with Crippen molar-refractivity contribution in [2.24, 2.45) is 0 Å². The summed E-state index contributed by atoms with van der Waals surface area (Å²) in [5, 5.41) is 9.63. The van der Waals surface area contributed by atoms with Gasteiger partial charge in [0.05, 0.1) is 0 Å². The van der Waals surface area contributed by atoms with Crippen molar-refractivity contribution in [2.45, 2.75) is 74.2 Å². The molecule has 1 N–H and O–H groups in total. The zero-order valence-corrected chi connectivity index (χ0v) is 18.8. The summed E-state index contributed by atoms with van der Waals surface area (Å²) in [6.45, 7) is 2.89. The van der Waals surface area contributed by atoms with Gasteiger partial charge in [-0.15, -0.1) is 0 Å². The first-order valence-electron chi connectivity index (χ1n) is 9.46. The van der Waals surface area contributed by atoms with E-state index in [-0.39, 0.29) is 11.5 Å². The largest absolute Gasteiger partial charge is 0.507 e. The Morgan fingerprint density at radius 1 is 0.722 bits per heavy atom. The lowest BCUT2D eigenvalue weighted by Gasteiger charge is -2.41. The average Bonchev–Trinajstić information content (AvgIpc) is 2.73. The summed E-state index contributed by atoms with van der Waals surface area (Å²) in [5.41, 5.74) is 0.982. The summed E-state index contributed by atoms with van der Waals surface area (Å²) in [5.74, 6) is -46.5. The number of hydrogen-bond donors (Lipinski definition) is 1. The number of benzene rings is 1. The van der Waals surface area contributed by atoms with Crippen molar-refractivity contribution in [2.75, 3.05) is 5.75 Å². The SMILES string of the molecule is Cc1cc(CSCCC(F)(F)C(F)(F)C(F)(F)C(F)(F)C(F)(F)C(F)(F)C(F)C(F)F)cc(C)c1O. The van der Waals surface area contributed by atoms with Gasteiger partial charge < -0.3 is 5.11 Å². The summed E-state index contributed by atoms with van der Waals surface area (Å²) in [6.07, 6.45) is -13.0. The Balaban J connectivity index is 3.14. The van der Waals surface area contributed by atoms with E-state index in [0.29, 0.717) is 28.5 Å². The van der Waals surface area contributed by atoms with E-state index >= 15 is 0 Å². The topological polar surface area (TPSA) is 20.2 Å². The van der Waals surface area contributed by atoms with Crippen LogP contribution in [0.25, 0.3) is 0 Å². The molecule has 210 valence electrons. The molecule has 0 saturated carbocycles. The molecule has 1 aromatic rings. The van der Waals surface area contributed by atoms with E-state index in [1.54, 1.807) is 0 Å². The highest BCUT2D eigenvalue weighted by molar-refractivity contribution is 7.98. The standard InChI is InChI=1S/C19H17F15OS/c1-8-5-10(6-9(2)11(8)35)7-36-4-3-14(23,24)16(27,28)18(31,32)19(33,34)17(29,30)15(25,26)12(20)13(21)22/h5-6,12-13,35H,3-4,7H2,1-2H3. The van der Waals surface area contributed by atoms with Gasteiger partial charge in [-0.3, -0.25) is 0 Å². The molecular formula is C19H17F15OS. The fourth-order valence-corrected chi connectivity index (χ4v) is 3.79. The number of halogens is 15. The summed E-state index contributed by atoms with van der Waals surface area (Å²) < 4.78 is 200. The molecule has 1 atom stereocenters. The molecule has 1 nitrogen and oxygen atoms in total. The Morgan fingerprint density at radius 3 is 1.56 bits per heavy atom. The first-order chi connectivity index (χ1) is 15.9. The molecule has 1 aromatic carbocycles. The van der Waals surface area contributed by atoms with Gasteiger partial charge in [0, 0.05) is 12.2 Å². The maximum atomic E-state index is 13.9. The van der Waals surface area contributed by atoms with Gasteiger partial charge in [-0.05, 0) is 36.3 Å². The number of phenols is 1.